The van der Waals surface area contributed by atoms with Crippen molar-refractivity contribution in [3.63, 3.8) is 0 Å². The maximum atomic E-state index is 5.97. The zero-order chi connectivity index (χ0) is 15.2. The molecule has 0 amide bonds. The van der Waals surface area contributed by atoms with Gasteiger partial charge in [-0.1, -0.05) is 6.07 Å². The van der Waals surface area contributed by atoms with Gasteiger partial charge in [0.15, 0.2) is 0 Å². The topological polar surface area (TPSA) is 36.9 Å². The molecule has 0 saturated carbocycles. The van der Waals surface area contributed by atoms with E-state index < -0.39 is 8.80 Å². The third kappa shape index (κ3) is 3.61. The summed E-state index contributed by atoms with van der Waals surface area (Å²) < 4.78 is 23.4. The van der Waals surface area contributed by atoms with Crippen molar-refractivity contribution in [1.82, 2.24) is 0 Å². The minimum absolute atomic E-state index is 0.557. The van der Waals surface area contributed by atoms with Gasteiger partial charge in [-0.05, 0) is 51.8 Å². The summed E-state index contributed by atoms with van der Waals surface area (Å²) in [7, 11) is -1.20. The van der Waals surface area contributed by atoms with Gasteiger partial charge in [0.1, 0.15) is 5.75 Å². The summed E-state index contributed by atoms with van der Waals surface area (Å²) in [4.78, 5) is 0. The largest absolute Gasteiger partial charge is 0.537 e. The van der Waals surface area contributed by atoms with Crippen LogP contribution in [0.5, 0.6) is 5.75 Å². The van der Waals surface area contributed by atoms with Crippen molar-refractivity contribution in [2.24, 2.45) is 0 Å². The minimum Gasteiger partial charge on any atom is -0.496 e. The van der Waals surface area contributed by atoms with Gasteiger partial charge in [0.2, 0.25) is 0 Å². The molecule has 0 saturated heterocycles. The van der Waals surface area contributed by atoms with Gasteiger partial charge >= 0.3 is 8.80 Å². The molecule has 0 bridgehead atoms. The van der Waals surface area contributed by atoms with Gasteiger partial charge in [0.05, 0.1) is 7.11 Å². The Kier molecular flexibility index (Phi) is 6.68. The summed E-state index contributed by atoms with van der Waals surface area (Å²) in [5.74, 6) is 0.844. The molecule has 4 nitrogen and oxygen atoms in total. The highest BCUT2D eigenvalue weighted by Gasteiger charge is 2.45. The van der Waals surface area contributed by atoms with Gasteiger partial charge in [0, 0.05) is 25.0 Å². The number of benzene rings is 1. The van der Waals surface area contributed by atoms with Crippen LogP contribution in [-0.4, -0.2) is 35.7 Å². The first kappa shape index (κ1) is 17.2. The van der Waals surface area contributed by atoms with Crippen LogP contribution in [0.25, 0.3) is 0 Å². The molecule has 0 fully saturated rings. The maximum absolute atomic E-state index is 5.97. The lowest BCUT2D eigenvalue weighted by molar-refractivity contribution is 0.0857. The van der Waals surface area contributed by atoms with Crippen molar-refractivity contribution in [2.45, 2.75) is 34.6 Å². The van der Waals surface area contributed by atoms with E-state index in [4.69, 9.17) is 18.0 Å². The van der Waals surface area contributed by atoms with E-state index in [1.165, 1.54) is 0 Å². The van der Waals surface area contributed by atoms with Crippen LogP contribution in [0, 0.1) is 13.8 Å². The highest BCUT2D eigenvalue weighted by molar-refractivity contribution is 6.76. The van der Waals surface area contributed by atoms with E-state index >= 15 is 0 Å². The minimum atomic E-state index is -2.88. The van der Waals surface area contributed by atoms with E-state index in [0.29, 0.717) is 19.8 Å². The number of hydrogen-bond donors (Lipinski definition) is 0. The second-order valence-corrected chi connectivity index (χ2v) is 7.01. The lowest BCUT2D eigenvalue weighted by Crippen LogP contribution is -2.58. The Morgan fingerprint density at radius 2 is 1.40 bits per heavy atom. The van der Waals surface area contributed by atoms with Crippen LogP contribution in [0.4, 0.5) is 0 Å². The summed E-state index contributed by atoms with van der Waals surface area (Å²) in [5.41, 5.74) is 2.14. The van der Waals surface area contributed by atoms with Crippen molar-refractivity contribution in [2.75, 3.05) is 26.9 Å². The molecule has 1 aromatic carbocycles. The van der Waals surface area contributed by atoms with E-state index in [1.807, 2.05) is 40.7 Å². The van der Waals surface area contributed by atoms with Crippen LogP contribution in [0.2, 0.25) is 0 Å². The smallest absolute Gasteiger partial charge is 0.496 e. The van der Waals surface area contributed by atoms with Crippen molar-refractivity contribution >= 4 is 14.0 Å². The summed E-state index contributed by atoms with van der Waals surface area (Å²) in [5, 5.41) is 1.000. The first-order chi connectivity index (χ1) is 9.54. The Hall–Kier alpha value is -0.883. The van der Waals surface area contributed by atoms with Crippen LogP contribution >= 0.6 is 0 Å². The van der Waals surface area contributed by atoms with Crippen LogP contribution in [0.1, 0.15) is 31.9 Å². The van der Waals surface area contributed by atoms with Crippen molar-refractivity contribution < 1.29 is 18.0 Å². The van der Waals surface area contributed by atoms with Crippen LogP contribution < -0.4 is 9.92 Å². The molecule has 0 aliphatic heterocycles. The van der Waals surface area contributed by atoms with Crippen molar-refractivity contribution in [3.05, 3.63) is 23.3 Å². The molecular weight excluding hydrogens is 272 g/mol. The molecule has 0 aliphatic rings. The summed E-state index contributed by atoms with van der Waals surface area (Å²) in [6, 6.07) is 4.10. The Morgan fingerprint density at radius 3 is 1.80 bits per heavy atom. The van der Waals surface area contributed by atoms with Gasteiger partial charge in [-0.2, -0.15) is 0 Å². The average molecular weight is 298 g/mol. The third-order valence-electron chi connectivity index (χ3n) is 3.06. The first-order valence-electron chi connectivity index (χ1n) is 7.12. The van der Waals surface area contributed by atoms with Crippen LogP contribution in [-0.2, 0) is 13.3 Å². The standard InChI is InChI=1S/C15H26O4Si/c1-7-17-20(18-8-2,19-9-3)15-11-12(4)10-14(16-6)13(15)5/h10-11H,7-9H2,1-6H3. The fraction of sp³-hybridized carbons (Fsp3) is 0.600. The predicted octanol–water partition coefficient (Wildman–Crippen LogP) is 2.57. The highest BCUT2D eigenvalue weighted by atomic mass is 28.4. The fourth-order valence-electron chi connectivity index (χ4n) is 2.28. The van der Waals surface area contributed by atoms with Crippen LogP contribution in [0.15, 0.2) is 12.1 Å². The average Bonchev–Trinajstić information content (AvgIpc) is 2.41. The Balaban J connectivity index is 3.41. The second kappa shape index (κ2) is 7.78. The molecule has 0 atom stereocenters. The van der Waals surface area contributed by atoms with Crippen LogP contribution in [0.3, 0.4) is 0 Å². The normalized spacial score (nSPS) is 11.7. The quantitative estimate of drug-likeness (QED) is 0.691. The lowest BCUT2D eigenvalue weighted by atomic mass is 10.1. The van der Waals surface area contributed by atoms with E-state index in [9.17, 15) is 0 Å². The molecule has 114 valence electrons. The predicted molar refractivity (Wildman–Crippen MR) is 82.7 cm³/mol. The SMILES string of the molecule is CCO[Si](OCC)(OCC)c1cc(C)cc(OC)c1C. The summed E-state index contributed by atoms with van der Waals surface area (Å²) >= 11 is 0. The van der Waals surface area contributed by atoms with E-state index in [1.54, 1.807) is 7.11 Å². The maximum Gasteiger partial charge on any atom is 0.537 e. The molecular formula is C15H26O4Si. The molecule has 0 aromatic heterocycles. The fourth-order valence-corrected chi connectivity index (χ4v) is 5.13. The molecule has 0 unspecified atom stereocenters. The molecule has 1 aromatic rings. The molecule has 0 radical (unpaired) electrons. The Bertz CT molecular complexity index is 417. The number of rotatable bonds is 8. The van der Waals surface area contributed by atoms with Gasteiger partial charge in [0.25, 0.3) is 0 Å². The zero-order valence-corrected chi connectivity index (χ0v) is 14.4. The van der Waals surface area contributed by atoms with Gasteiger partial charge in [-0.15, -0.1) is 0 Å². The molecule has 0 spiro atoms. The Morgan fingerprint density at radius 1 is 0.900 bits per heavy atom. The van der Waals surface area contributed by atoms with Gasteiger partial charge in [-0.3, -0.25) is 0 Å². The Labute approximate surface area is 123 Å². The number of hydrogen-bond acceptors (Lipinski definition) is 4. The van der Waals surface area contributed by atoms with Gasteiger partial charge in [-0.25, -0.2) is 0 Å². The number of ether oxygens (including phenoxy) is 1. The molecule has 0 aliphatic carbocycles. The third-order valence-corrected chi connectivity index (χ3v) is 6.24. The van der Waals surface area contributed by atoms with E-state index in [-0.39, 0.29) is 0 Å². The molecule has 1 rings (SSSR count). The van der Waals surface area contributed by atoms with Crippen molar-refractivity contribution in [1.29, 1.82) is 0 Å². The molecule has 20 heavy (non-hydrogen) atoms. The zero-order valence-electron chi connectivity index (χ0n) is 13.4. The lowest BCUT2D eigenvalue weighted by Gasteiger charge is -2.30. The monoisotopic (exact) mass is 298 g/mol. The molecule has 5 heteroatoms. The summed E-state index contributed by atoms with van der Waals surface area (Å²) in [6.45, 7) is 11.6. The molecule has 0 N–H and O–H groups in total. The second-order valence-electron chi connectivity index (χ2n) is 4.49. The number of methoxy groups -OCH3 is 1. The van der Waals surface area contributed by atoms with E-state index in [0.717, 1.165) is 22.1 Å². The summed E-state index contributed by atoms with van der Waals surface area (Å²) in [6.07, 6.45) is 0. The molecule has 0 heterocycles. The van der Waals surface area contributed by atoms with Crippen molar-refractivity contribution in [3.8, 4) is 5.75 Å². The van der Waals surface area contributed by atoms with Gasteiger partial charge < -0.3 is 18.0 Å². The van der Waals surface area contributed by atoms with E-state index in [2.05, 4.69) is 6.07 Å². The number of aryl methyl sites for hydroxylation is 1. The first-order valence-corrected chi connectivity index (χ1v) is 8.84. The highest BCUT2D eigenvalue weighted by Crippen LogP contribution is 2.22.